The van der Waals surface area contributed by atoms with Crippen LogP contribution in [0.15, 0.2) is 36.7 Å². The van der Waals surface area contributed by atoms with Crippen molar-refractivity contribution in [3.05, 3.63) is 64.6 Å². The van der Waals surface area contributed by atoms with Gasteiger partial charge >= 0.3 is 0 Å². The van der Waals surface area contributed by atoms with Crippen LogP contribution in [-0.2, 0) is 13.0 Å². The van der Waals surface area contributed by atoms with Gasteiger partial charge in [0, 0.05) is 49.3 Å². The van der Waals surface area contributed by atoms with E-state index in [1.54, 1.807) is 6.07 Å². The Bertz CT molecular complexity index is 1250. The van der Waals surface area contributed by atoms with Crippen molar-refractivity contribution in [3.63, 3.8) is 0 Å². The lowest BCUT2D eigenvalue weighted by Crippen LogP contribution is -2.46. The molecule has 1 fully saturated rings. The summed E-state index contributed by atoms with van der Waals surface area (Å²) in [6.07, 6.45) is 7.36. The summed E-state index contributed by atoms with van der Waals surface area (Å²) in [4.78, 5) is 30.9. The SMILES string of the molecule is Cc1cc(C)cc(Nc2ncc3c(n2)CCCN(C2CCN(C(=O)c4cnc(N)c(N)c4)CC2)C3)c1. The summed E-state index contributed by atoms with van der Waals surface area (Å²) < 4.78 is 0. The Morgan fingerprint density at radius 2 is 1.75 bits per heavy atom. The van der Waals surface area contributed by atoms with Crippen molar-refractivity contribution >= 4 is 29.0 Å². The number of rotatable bonds is 4. The van der Waals surface area contributed by atoms with E-state index in [0.29, 0.717) is 36.3 Å². The quantitative estimate of drug-likeness (QED) is 0.512. The van der Waals surface area contributed by atoms with Crippen LogP contribution < -0.4 is 16.8 Å². The summed E-state index contributed by atoms with van der Waals surface area (Å²) in [5.74, 6) is 0.867. The van der Waals surface area contributed by atoms with Gasteiger partial charge in [-0.05, 0) is 75.4 Å². The number of hydrogen-bond acceptors (Lipinski definition) is 8. The van der Waals surface area contributed by atoms with Gasteiger partial charge in [0.2, 0.25) is 5.95 Å². The molecule has 2 aliphatic heterocycles. The summed E-state index contributed by atoms with van der Waals surface area (Å²) in [7, 11) is 0. The number of nitrogen functional groups attached to an aromatic ring is 2. The number of piperidine rings is 1. The second-order valence-electron chi connectivity index (χ2n) is 9.96. The van der Waals surface area contributed by atoms with Crippen LogP contribution in [0.3, 0.4) is 0 Å². The normalized spacial score (nSPS) is 16.9. The van der Waals surface area contributed by atoms with Gasteiger partial charge in [-0.3, -0.25) is 9.69 Å². The number of hydrogen-bond donors (Lipinski definition) is 3. The number of pyridine rings is 1. The number of fused-ring (bicyclic) bond motifs is 1. The number of carbonyl (C=O) groups is 1. The molecule has 0 saturated carbocycles. The third-order valence-corrected chi connectivity index (χ3v) is 7.13. The second-order valence-corrected chi connectivity index (χ2v) is 9.96. The molecule has 36 heavy (non-hydrogen) atoms. The third kappa shape index (κ3) is 5.26. The van der Waals surface area contributed by atoms with E-state index in [2.05, 4.69) is 52.2 Å². The van der Waals surface area contributed by atoms with Gasteiger partial charge in [0.15, 0.2) is 0 Å². The van der Waals surface area contributed by atoms with Crippen LogP contribution in [-0.4, -0.2) is 56.3 Å². The van der Waals surface area contributed by atoms with Gasteiger partial charge in [0.1, 0.15) is 5.82 Å². The molecule has 2 aliphatic rings. The summed E-state index contributed by atoms with van der Waals surface area (Å²) in [5.41, 5.74) is 18.1. The molecule has 188 valence electrons. The fourth-order valence-electron chi connectivity index (χ4n) is 5.31. The smallest absolute Gasteiger partial charge is 0.255 e. The predicted molar refractivity (Wildman–Crippen MR) is 142 cm³/mol. The molecule has 0 bridgehead atoms. The molecule has 0 radical (unpaired) electrons. The fourth-order valence-corrected chi connectivity index (χ4v) is 5.31. The van der Waals surface area contributed by atoms with Gasteiger partial charge in [-0.2, -0.15) is 0 Å². The van der Waals surface area contributed by atoms with Crippen molar-refractivity contribution in [1.82, 2.24) is 24.8 Å². The number of nitrogens with zero attached hydrogens (tertiary/aromatic N) is 5. The first-order chi connectivity index (χ1) is 17.4. The van der Waals surface area contributed by atoms with Crippen molar-refractivity contribution in [3.8, 4) is 0 Å². The molecule has 1 aromatic carbocycles. The Kier molecular flexibility index (Phi) is 6.73. The monoisotopic (exact) mass is 486 g/mol. The van der Waals surface area contributed by atoms with Crippen molar-refractivity contribution < 1.29 is 4.79 Å². The van der Waals surface area contributed by atoms with Crippen LogP contribution in [0, 0.1) is 13.8 Å². The van der Waals surface area contributed by atoms with Gasteiger partial charge in [-0.15, -0.1) is 0 Å². The lowest BCUT2D eigenvalue weighted by atomic mass is 10.0. The maximum atomic E-state index is 12.9. The lowest BCUT2D eigenvalue weighted by Gasteiger charge is -2.38. The van der Waals surface area contributed by atoms with E-state index in [1.165, 1.54) is 22.9 Å². The highest BCUT2D eigenvalue weighted by atomic mass is 16.2. The molecule has 5 N–H and O–H groups in total. The van der Waals surface area contributed by atoms with E-state index in [9.17, 15) is 4.79 Å². The minimum Gasteiger partial charge on any atom is -0.396 e. The highest BCUT2D eigenvalue weighted by Gasteiger charge is 2.29. The zero-order chi connectivity index (χ0) is 25.2. The van der Waals surface area contributed by atoms with Crippen LogP contribution in [0.5, 0.6) is 0 Å². The van der Waals surface area contributed by atoms with Crippen molar-refractivity contribution in [2.45, 2.75) is 52.1 Å². The zero-order valence-corrected chi connectivity index (χ0v) is 21.0. The highest BCUT2D eigenvalue weighted by molar-refractivity contribution is 5.95. The van der Waals surface area contributed by atoms with E-state index in [1.807, 2.05) is 11.1 Å². The molecule has 1 amide bonds. The molecular formula is C27H34N8O. The van der Waals surface area contributed by atoms with Gasteiger partial charge in [-0.25, -0.2) is 15.0 Å². The molecule has 0 aliphatic carbocycles. The maximum Gasteiger partial charge on any atom is 0.255 e. The number of likely N-dealkylation sites (tertiary alicyclic amines) is 1. The van der Waals surface area contributed by atoms with Gasteiger partial charge in [0.25, 0.3) is 5.91 Å². The molecular weight excluding hydrogens is 452 g/mol. The number of aryl methyl sites for hydroxylation is 3. The summed E-state index contributed by atoms with van der Waals surface area (Å²) >= 11 is 0. The number of benzene rings is 1. The largest absolute Gasteiger partial charge is 0.396 e. The number of carbonyl (C=O) groups excluding carboxylic acids is 1. The number of nitrogens with two attached hydrogens (primary N) is 2. The van der Waals surface area contributed by atoms with E-state index in [4.69, 9.17) is 16.5 Å². The fraction of sp³-hybridized carbons (Fsp3) is 0.407. The first kappa shape index (κ1) is 24.0. The minimum absolute atomic E-state index is 0.0360. The molecule has 5 rings (SSSR count). The highest BCUT2D eigenvalue weighted by Crippen LogP contribution is 2.26. The topological polar surface area (TPSA) is 126 Å². The zero-order valence-electron chi connectivity index (χ0n) is 21.0. The minimum atomic E-state index is -0.0360. The average molecular weight is 487 g/mol. The molecule has 0 unspecified atom stereocenters. The first-order valence-corrected chi connectivity index (χ1v) is 12.6. The molecule has 1 saturated heterocycles. The Morgan fingerprint density at radius 3 is 2.47 bits per heavy atom. The standard InChI is InChI=1S/C27H34N8O/c1-17-10-18(2)12-21(11-17)32-27-31-15-20-16-35(7-3-4-24(20)33-27)22-5-8-34(9-6-22)26(36)19-13-23(28)25(29)30-14-19/h10-15,22H,3-9,16,28H2,1-2H3,(H2,29,30)(H,31,32,33). The number of nitrogens with one attached hydrogen (secondary N) is 1. The number of amides is 1. The van der Waals surface area contributed by atoms with E-state index >= 15 is 0 Å². The second kappa shape index (κ2) is 10.1. The van der Waals surface area contributed by atoms with Gasteiger partial charge in [-0.1, -0.05) is 6.07 Å². The van der Waals surface area contributed by atoms with Gasteiger partial charge in [0.05, 0.1) is 16.9 Å². The summed E-state index contributed by atoms with van der Waals surface area (Å²) in [5, 5.41) is 3.37. The Labute approximate surface area is 211 Å². The van der Waals surface area contributed by atoms with Crippen molar-refractivity contribution in [2.24, 2.45) is 0 Å². The molecule has 3 aromatic rings. The molecule has 2 aromatic heterocycles. The summed E-state index contributed by atoms with van der Waals surface area (Å²) in [6.45, 7) is 7.48. The lowest BCUT2D eigenvalue weighted by molar-refractivity contribution is 0.0609. The maximum absolute atomic E-state index is 12.9. The van der Waals surface area contributed by atoms with Crippen LogP contribution in [0.2, 0.25) is 0 Å². The van der Waals surface area contributed by atoms with E-state index in [-0.39, 0.29) is 11.7 Å². The molecule has 0 spiro atoms. The van der Waals surface area contributed by atoms with Crippen LogP contribution in [0.4, 0.5) is 23.1 Å². The molecule has 0 atom stereocenters. The third-order valence-electron chi connectivity index (χ3n) is 7.13. The number of aromatic nitrogens is 3. The van der Waals surface area contributed by atoms with Gasteiger partial charge < -0.3 is 21.7 Å². The van der Waals surface area contributed by atoms with Crippen LogP contribution >= 0.6 is 0 Å². The Hall–Kier alpha value is -3.72. The Balaban J connectivity index is 1.21. The van der Waals surface area contributed by atoms with Crippen LogP contribution in [0.1, 0.15) is 52.0 Å². The number of anilines is 4. The molecule has 9 nitrogen and oxygen atoms in total. The predicted octanol–water partition coefficient (Wildman–Crippen LogP) is 3.45. The van der Waals surface area contributed by atoms with E-state index in [0.717, 1.165) is 50.2 Å². The molecule has 9 heteroatoms. The van der Waals surface area contributed by atoms with Crippen molar-refractivity contribution in [2.75, 3.05) is 36.4 Å². The molecule has 4 heterocycles. The first-order valence-electron chi connectivity index (χ1n) is 12.6. The van der Waals surface area contributed by atoms with Crippen molar-refractivity contribution in [1.29, 1.82) is 0 Å². The van der Waals surface area contributed by atoms with E-state index < -0.39 is 0 Å². The summed E-state index contributed by atoms with van der Waals surface area (Å²) in [6, 6.07) is 8.43. The van der Waals surface area contributed by atoms with Crippen LogP contribution in [0.25, 0.3) is 0 Å². The average Bonchev–Trinajstić information content (AvgIpc) is 3.07. The Morgan fingerprint density at radius 1 is 1.00 bits per heavy atom.